The third-order valence-corrected chi connectivity index (χ3v) is 9.95. The van der Waals surface area contributed by atoms with Crippen LogP contribution in [0.15, 0.2) is 140 Å². The summed E-state index contributed by atoms with van der Waals surface area (Å²) in [5.74, 6) is 1.23. The van der Waals surface area contributed by atoms with Gasteiger partial charge in [0.15, 0.2) is 5.82 Å². The molecule has 3 heterocycles. The lowest BCUT2D eigenvalue weighted by Gasteiger charge is -2.22. The Bertz CT molecular complexity index is 2710. The Morgan fingerprint density at radius 2 is 1.28 bits per heavy atom. The lowest BCUT2D eigenvalue weighted by molar-refractivity contribution is 0.666. The van der Waals surface area contributed by atoms with Crippen molar-refractivity contribution in [3.63, 3.8) is 0 Å². The minimum absolute atomic E-state index is 0.114. The molecule has 6 aromatic carbocycles. The first-order valence-corrected chi connectivity index (χ1v) is 16.1. The summed E-state index contributed by atoms with van der Waals surface area (Å²) in [6.07, 6.45) is 0. The highest BCUT2D eigenvalue weighted by Gasteiger charge is 2.38. The third kappa shape index (κ3) is 3.62. The summed E-state index contributed by atoms with van der Waals surface area (Å²) in [7, 11) is 0. The van der Waals surface area contributed by atoms with Crippen LogP contribution >= 0.6 is 0 Å². The van der Waals surface area contributed by atoms with E-state index < -0.39 is 0 Å². The third-order valence-electron chi connectivity index (χ3n) is 9.95. The molecule has 1 aliphatic rings. The Morgan fingerprint density at radius 3 is 2.15 bits per heavy atom. The second kappa shape index (κ2) is 9.47. The largest absolute Gasteiger partial charge is 0.309 e. The molecule has 0 saturated heterocycles. The van der Waals surface area contributed by atoms with Gasteiger partial charge in [0.2, 0.25) is 0 Å². The van der Waals surface area contributed by atoms with Gasteiger partial charge in [0.05, 0.1) is 22.2 Å². The number of fused-ring (bicyclic) bond motifs is 10. The molecule has 1 aliphatic carbocycles. The van der Waals surface area contributed by atoms with E-state index in [1.54, 1.807) is 0 Å². The zero-order valence-corrected chi connectivity index (χ0v) is 26.0. The van der Waals surface area contributed by atoms with E-state index in [1.807, 2.05) is 34.8 Å². The van der Waals surface area contributed by atoms with Gasteiger partial charge in [-0.1, -0.05) is 123 Å². The fourth-order valence-corrected chi connectivity index (χ4v) is 7.89. The van der Waals surface area contributed by atoms with Crippen LogP contribution in [0, 0.1) is 0 Å². The summed E-state index contributed by atoms with van der Waals surface area (Å²) >= 11 is 0. The fraction of sp³-hybridized carbons (Fsp3) is 0.0714. The number of rotatable bonds is 3. The zero-order chi connectivity index (χ0) is 31.3. The average Bonchev–Trinajstić information content (AvgIpc) is 3.77. The van der Waals surface area contributed by atoms with Crippen molar-refractivity contribution in [3.8, 4) is 39.5 Å². The van der Waals surface area contributed by atoms with Crippen LogP contribution in [0.4, 0.5) is 0 Å². The van der Waals surface area contributed by atoms with E-state index in [-0.39, 0.29) is 5.41 Å². The number of hydrogen-bond acceptors (Lipinski definition) is 3. The minimum atomic E-state index is -0.114. The monoisotopic (exact) mass is 603 g/mol. The van der Waals surface area contributed by atoms with Crippen molar-refractivity contribution >= 4 is 38.5 Å². The molecule has 0 spiro atoms. The maximum atomic E-state index is 5.02. The first-order valence-electron chi connectivity index (χ1n) is 16.1. The first kappa shape index (κ1) is 26.2. The van der Waals surface area contributed by atoms with Crippen LogP contribution in [0.3, 0.4) is 0 Å². The van der Waals surface area contributed by atoms with Crippen LogP contribution in [0.25, 0.3) is 77.9 Å². The molecule has 3 aromatic heterocycles. The lowest BCUT2D eigenvalue weighted by atomic mass is 9.80. The first-order chi connectivity index (χ1) is 23.1. The molecule has 0 bridgehead atoms. The predicted molar refractivity (Wildman–Crippen MR) is 191 cm³/mol. The summed E-state index contributed by atoms with van der Waals surface area (Å²) in [6.45, 7) is 4.72. The quantitative estimate of drug-likeness (QED) is 0.202. The van der Waals surface area contributed by atoms with Gasteiger partial charge < -0.3 is 4.57 Å². The highest BCUT2D eigenvalue weighted by atomic mass is 15.3. The molecule has 10 rings (SSSR count). The standard InChI is InChI=1S/C42H29N5/c1-42(2)33-20-9-6-17-29(33)30-23-24-36-37(38(30)42)31-18-7-10-21-34(31)46(36)28-16-12-15-27(25-28)40-44-41-43-39(26-13-4-3-5-14-26)32-19-8-11-22-35(32)47(41)45-40/h3-25H,1-2H3. The number of benzene rings is 6. The SMILES string of the molecule is CC1(C)c2ccccc2-c2ccc3c(c21)c1ccccc1n3-c1cccc(-c2nc3nc(-c4ccccc4)c4ccccc4n3n2)c1. The van der Waals surface area contributed by atoms with Crippen LogP contribution in [-0.2, 0) is 5.41 Å². The number of nitrogens with zero attached hydrogens (tertiary/aromatic N) is 5. The van der Waals surface area contributed by atoms with Crippen molar-refractivity contribution in [2.24, 2.45) is 0 Å². The van der Waals surface area contributed by atoms with Crippen LogP contribution in [-0.4, -0.2) is 24.1 Å². The molecular weight excluding hydrogens is 574 g/mol. The van der Waals surface area contributed by atoms with Gasteiger partial charge in [0.25, 0.3) is 5.78 Å². The molecular formula is C42H29N5. The van der Waals surface area contributed by atoms with Gasteiger partial charge in [-0.05, 0) is 52.6 Å². The van der Waals surface area contributed by atoms with E-state index in [1.165, 1.54) is 44.1 Å². The van der Waals surface area contributed by atoms with Gasteiger partial charge in [-0.3, -0.25) is 0 Å². The van der Waals surface area contributed by atoms with Crippen LogP contribution in [0.2, 0.25) is 0 Å². The van der Waals surface area contributed by atoms with Crippen molar-refractivity contribution < 1.29 is 0 Å². The molecule has 0 fully saturated rings. The van der Waals surface area contributed by atoms with Crippen molar-refractivity contribution in [1.29, 1.82) is 0 Å². The summed E-state index contributed by atoms with van der Waals surface area (Å²) in [6, 6.07) is 49.4. The molecule has 0 amide bonds. The fourth-order valence-electron chi connectivity index (χ4n) is 7.89. The zero-order valence-electron chi connectivity index (χ0n) is 26.0. The van der Waals surface area contributed by atoms with E-state index in [0.717, 1.165) is 33.4 Å². The lowest BCUT2D eigenvalue weighted by Crippen LogP contribution is -2.15. The Hall–Kier alpha value is -6.07. The Labute approximate surface area is 271 Å². The smallest absolute Gasteiger partial charge is 0.253 e. The van der Waals surface area contributed by atoms with E-state index in [9.17, 15) is 0 Å². The second-order valence-corrected chi connectivity index (χ2v) is 12.9. The minimum Gasteiger partial charge on any atom is -0.309 e. The number of para-hydroxylation sites is 2. The number of hydrogen-bond donors (Lipinski definition) is 0. The second-order valence-electron chi connectivity index (χ2n) is 12.9. The maximum Gasteiger partial charge on any atom is 0.253 e. The van der Waals surface area contributed by atoms with Crippen molar-refractivity contribution in [2.75, 3.05) is 0 Å². The van der Waals surface area contributed by atoms with Crippen LogP contribution in [0.1, 0.15) is 25.0 Å². The van der Waals surface area contributed by atoms with Gasteiger partial charge >= 0.3 is 0 Å². The van der Waals surface area contributed by atoms with Crippen LogP contribution in [0.5, 0.6) is 0 Å². The molecule has 0 unspecified atom stereocenters. The molecule has 0 saturated carbocycles. The topological polar surface area (TPSA) is 48.0 Å². The molecule has 0 N–H and O–H groups in total. The summed E-state index contributed by atoms with van der Waals surface area (Å²) in [4.78, 5) is 10.0. The van der Waals surface area contributed by atoms with E-state index in [2.05, 4.69) is 128 Å². The molecule has 222 valence electrons. The van der Waals surface area contributed by atoms with E-state index >= 15 is 0 Å². The Balaban J connectivity index is 1.18. The molecule has 5 nitrogen and oxygen atoms in total. The average molecular weight is 604 g/mol. The van der Waals surface area contributed by atoms with Gasteiger partial charge in [0, 0.05) is 38.4 Å². The molecule has 47 heavy (non-hydrogen) atoms. The maximum absolute atomic E-state index is 5.02. The molecule has 5 heteroatoms. The molecule has 9 aromatic rings. The van der Waals surface area contributed by atoms with Gasteiger partial charge in [-0.15, -0.1) is 5.10 Å². The normalized spacial score (nSPS) is 13.5. The Morgan fingerprint density at radius 1 is 0.553 bits per heavy atom. The molecule has 0 radical (unpaired) electrons. The highest BCUT2D eigenvalue weighted by molar-refractivity contribution is 6.14. The number of aromatic nitrogens is 5. The van der Waals surface area contributed by atoms with Crippen molar-refractivity contribution in [2.45, 2.75) is 19.3 Å². The van der Waals surface area contributed by atoms with E-state index in [4.69, 9.17) is 15.1 Å². The molecule has 0 atom stereocenters. The molecule has 0 aliphatic heterocycles. The highest BCUT2D eigenvalue weighted by Crippen LogP contribution is 2.53. The summed E-state index contributed by atoms with van der Waals surface area (Å²) in [5, 5.41) is 8.64. The van der Waals surface area contributed by atoms with Gasteiger partial charge in [-0.25, -0.2) is 4.98 Å². The van der Waals surface area contributed by atoms with Gasteiger partial charge in [0.1, 0.15) is 0 Å². The van der Waals surface area contributed by atoms with E-state index in [0.29, 0.717) is 11.6 Å². The van der Waals surface area contributed by atoms with Gasteiger partial charge in [-0.2, -0.15) is 9.50 Å². The van der Waals surface area contributed by atoms with Crippen molar-refractivity contribution in [3.05, 3.63) is 151 Å². The summed E-state index contributed by atoms with van der Waals surface area (Å²) < 4.78 is 4.26. The van der Waals surface area contributed by atoms with Crippen molar-refractivity contribution in [1.82, 2.24) is 24.1 Å². The van der Waals surface area contributed by atoms with Crippen LogP contribution < -0.4 is 0 Å². The predicted octanol–water partition coefficient (Wildman–Crippen LogP) is 10.0. The Kier molecular flexibility index (Phi) is 5.28. The summed E-state index contributed by atoms with van der Waals surface area (Å²) in [5.41, 5.74) is 12.7.